The standard InChI is InChI=1S/C57H41N/c1-56(42-21-8-3-9-22-42)50-29-16-15-28-48(50)55-53(56)31-18-32-54(55)58(45-35-33-41(34-36-45)40-19-6-2-7-20-40)46-37-38-52-49(39-46)47-27-14-17-30-51(47)57(52,43-23-10-4-11-24-43)44-25-12-5-13-26-44/h2-39H,1H3. The average Bonchev–Trinajstić information content (AvgIpc) is 3.75. The van der Waals surface area contributed by atoms with Crippen LogP contribution in [-0.4, -0.2) is 0 Å². The number of nitrogens with zero attached hydrogens (tertiary/aromatic N) is 1. The Morgan fingerprint density at radius 1 is 0.328 bits per heavy atom. The number of hydrogen-bond acceptors (Lipinski definition) is 1. The third-order valence-electron chi connectivity index (χ3n) is 12.8. The second kappa shape index (κ2) is 13.5. The first-order chi connectivity index (χ1) is 28.7. The molecule has 1 heteroatoms. The summed E-state index contributed by atoms with van der Waals surface area (Å²) in [5.74, 6) is 0. The minimum atomic E-state index is -0.459. The summed E-state index contributed by atoms with van der Waals surface area (Å²) < 4.78 is 0. The van der Waals surface area contributed by atoms with Crippen molar-refractivity contribution < 1.29 is 0 Å². The van der Waals surface area contributed by atoms with Gasteiger partial charge in [0.15, 0.2) is 0 Å². The molecule has 0 radical (unpaired) electrons. The van der Waals surface area contributed by atoms with E-state index in [0.29, 0.717) is 0 Å². The van der Waals surface area contributed by atoms with Gasteiger partial charge in [0, 0.05) is 22.4 Å². The Morgan fingerprint density at radius 3 is 1.47 bits per heavy atom. The predicted octanol–water partition coefficient (Wildman–Crippen LogP) is 14.5. The number of anilines is 3. The molecule has 0 saturated heterocycles. The van der Waals surface area contributed by atoms with E-state index in [9.17, 15) is 0 Å². The highest BCUT2D eigenvalue weighted by Crippen LogP contribution is 2.59. The van der Waals surface area contributed by atoms with Gasteiger partial charge in [0.25, 0.3) is 0 Å². The number of rotatable bonds is 7. The van der Waals surface area contributed by atoms with Gasteiger partial charge in [-0.3, -0.25) is 0 Å². The smallest absolute Gasteiger partial charge is 0.0713 e. The molecule has 1 nitrogen and oxygen atoms in total. The lowest BCUT2D eigenvalue weighted by Crippen LogP contribution is -2.28. The van der Waals surface area contributed by atoms with E-state index in [1.165, 1.54) is 78.0 Å². The van der Waals surface area contributed by atoms with Gasteiger partial charge in [-0.1, -0.05) is 200 Å². The van der Waals surface area contributed by atoms with Crippen LogP contribution in [0.1, 0.15) is 45.9 Å². The second-order valence-corrected chi connectivity index (χ2v) is 15.7. The topological polar surface area (TPSA) is 3.24 Å². The summed E-state index contributed by atoms with van der Waals surface area (Å²) in [6.07, 6.45) is 0. The van der Waals surface area contributed by atoms with Crippen molar-refractivity contribution in [3.63, 3.8) is 0 Å². The molecule has 0 amide bonds. The molecule has 0 heterocycles. The van der Waals surface area contributed by atoms with Crippen LogP contribution >= 0.6 is 0 Å². The molecule has 274 valence electrons. The molecule has 0 saturated carbocycles. The number of benzene rings is 9. The highest BCUT2D eigenvalue weighted by Gasteiger charge is 2.47. The SMILES string of the molecule is CC1(c2ccccc2)c2ccccc2-c2c(N(c3ccc(-c4ccccc4)cc3)c3ccc4c(c3)-c3ccccc3C4(c3ccccc3)c3ccccc3)cccc21. The molecular formula is C57H41N. The van der Waals surface area contributed by atoms with Crippen LogP contribution in [0.25, 0.3) is 33.4 Å². The Balaban J connectivity index is 1.17. The maximum atomic E-state index is 2.50. The van der Waals surface area contributed by atoms with Crippen molar-refractivity contribution in [1.29, 1.82) is 0 Å². The first-order valence-corrected chi connectivity index (χ1v) is 20.3. The maximum absolute atomic E-state index is 2.50. The largest absolute Gasteiger partial charge is 0.310 e. The van der Waals surface area contributed by atoms with Gasteiger partial charge in [-0.05, 0) is 104 Å². The van der Waals surface area contributed by atoms with Gasteiger partial charge in [-0.25, -0.2) is 0 Å². The van der Waals surface area contributed by atoms with Gasteiger partial charge in [0.2, 0.25) is 0 Å². The summed E-state index contributed by atoms with van der Waals surface area (Å²) in [6, 6.07) is 85.0. The summed E-state index contributed by atoms with van der Waals surface area (Å²) in [7, 11) is 0. The molecule has 1 unspecified atom stereocenters. The van der Waals surface area contributed by atoms with Crippen molar-refractivity contribution in [2.24, 2.45) is 0 Å². The zero-order chi connectivity index (χ0) is 38.7. The summed E-state index contributed by atoms with van der Waals surface area (Å²) in [6.45, 7) is 2.40. The van der Waals surface area contributed by atoms with Crippen LogP contribution in [0.2, 0.25) is 0 Å². The van der Waals surface area contributed by atoms with Gasteiger partial charge in [-0.2, -0.15) is 0 Å². The highest BCUT2D eigenvalue weighted by atomic mass is 15.1. The minimum absolute atomic E-state index is 0.312. The maximum Gasteiger partial charge on any atom is 0.0713 e. The van der Waals surface area contributed by atoms with Crippen LogP contribution < -0.4 is 4.90 Å². The Morgan fingerprint density at radius 2 is 0.810 bits per heavy atom. The highest BCUT2D eigenvalue weighted by molar-refractivity contribution is 5.97. The van der Waals surface area contributed by atoms with E-state index >= 15 is 0 Å². The Labute approximate surface area is 341 Å². The third kappa shape index (κ3) is 4.96. The number of hydrogen-bond donors (Lipinski definition) is 0. The van der Waals surface area contributed by atoms with E-state index in [-0.39, 0.29) is 5.41 Å². The van der Waals surface area contributed by atoms with E-state index in [1.54, 1.807) is 0 Å². The summed E-state index contributed by atoms with van der Waals surface area (Å²) in [5, 5.41) is 0. The van der Waals surface area contributed by atoms with Crippen LogP contribution in [0.4, 0.5) is 17.1 Å². The van der Waals surface area contributed by atoms with Crippen LogP contribution in [0, 0.1) is 0 Å². The molecule has 0 aromatic heterocycles. The fourth-order valence-corrected chi connectivity index (χ4v) is 10.2. The Hall–Kier alpha value is -7.22. The monoisotopic (exact) mass is 739 g/mol. The summed E-state index contributed by atoms with van der Waals surface area (Å²) in [4.78, 5) is 2.50. The van der Waals surface area contributed by atoms with Crippen LogP contribution in [0.5, 0.6) is 0 Å². The van der Waals surface area contributed by atoms with Gasteiger partial charge >= 0.3 is 0 Å². The molecule has 9 aromatic carbocycles. The molecule has 0 spiro atoms. The zero-order valence-electron chi connectivity index (χ0n) is 32.4. The Kier molecular flexibility index (Phi) is 7.91. The number of fused-ring (bicyclic) bond motifs is 6. The van der Waals surface area contributed by atoms with E-state index in [4.69, 9.17) is 0 Å². The minimum Gasteiger partial charge on any atom is -0.310 e. The summed E-state index contributed by atoms with van der Waals surface area (Å²) >= 11 is 0. The molecule has 0 N–H and O–H groups in total. The predicted molar refractivity (Wildman–Crippen MR) is 241 cm³/mol. The van der Waals surface area contributed by atoms with Crippen molar-refractivity contribution in [2.45, 2.75) is 17.8 Å². The molecule has 9 aromatic rings. The van der Waals surface area contributed by atoms with Crippen molar-refractivity contribution >= 4 is 17.1 Å². The molecule has 2 aliphatic rings. The van der Waals surface area contributed by atoms with E-state index in [1.807, 2.05) is 0 Å². The van der Waals surface area contributed by atoms with Gasteiger partial charge in [0.05, 0.1) is 11.1 Å². The lowest BCUT2D eigenvalue weighted by atomic mass is 9.68. The summed E-state index contributed by atoms with van der Waals surface area (Å²) in [5.41, 5.74) is 19.2. The quantitative estimate of drug-likeness (QED) is 0.157. The van der Waals surface area contributed by atoms with E-state index in [0.717, 1.165) is 11.4 Å². The molecule has 2 aliphatic carbocycles. The third-order valence-corrected chi connectivity index (χ3v) is 12.8. The molecule has 1 atom stereocenters. The second-order valence-electron chi connectivity index (χ2n) is 15.7. The van der Waals surface area contributed by atoms with Crippen LogP contribution in [-0.2, 0) is 10.8 Å². The van der Waals surface area contributed by atoms with E-state index < -0.39 is 5.41 Å². The lowest BCUT2D eigenvalue weighted by Gasteiger charge is -2.34. The van der Waals surface area contributed by atoms with Crippen LogP contribution in [0.15, 0.2) is 231 Å². The lowest BCUT2D eigenvalue weighted by molar-refractivity contribution is 0.714. The first-order valence-electron chi connectivity index (χ1n) is 20.3. The molecule has 11 rings (SSSR count). The van der Waals surface area contributed by atoms with Crippen molar-refractivity contribution in [2.75, 3.05) is 4.90 Å². The molecule has 0 bridgehead atoms. The van der Waals surface area contributed by atoms with Crippen molar-refractivity contribution in [1.82, 2.24) is 0 Å². The van der Waals surface area contributed by atoms with Gasteiger partial charge < -0.3 is 4.90 Å². The molecule has 0 aliphatic heterocycles. The van der Waals surface area contributed by atoms with Gasteiger partial charge in [-0.15, -0.1) is 0 Å². The van der Waals surface area contributed by atoms with Crippen LogP contribution in [0.3, 0.4) is 0 Å². The zero-order valence-corrected chi connectivity index (χ0v) is 32.4. The fourth-order valence-electron chi connectivity index (χ4n) is 10.2. The van der Waals surface area contributed by atoms with E-state index in [2.05, 4.69) is 242 Å². The fraction of sp³-hybridized carbons (Fsp3) is 0.0526. The average molecular weight is 740 g/mol. The van der Waals surface area contributed by atoms with Gasteiger partial charge in [0.1, 0.15) is 0 Å². The molecule has 0 fully saturated rings. The molecule has 58 heavy (non-hydrogen) atoms. The first kappa shape index (κ1) is 34.1. The molecular weight excluding hydrogens is 699 g/mol. The van der Waals surface area contributed by atoms with Crippen molar-refractivity contribution in [3.05, 3.63) is 269 Å². The Bertz CT molecular complexity index is 2890. The normalized spacial score (nSPS) is 15.5. The van der Waals surface area contributed by atoms with Crippen molar-refractivity contribution in [3.8, 4) is 33.4 Å².